The third-order valence-corrected chi connectivity index (χ3v) is 4.28. The van der Waals surface area contributed by atoms with Crippen molar-refractivity contribution < 1.29 is 4.74 Å². The molecule has 0 radical (unpaired) electrons. The van der Waals surface area contributed by atoms with Gasteiger partial charge in [-0.3, -0.25) is 0 Å². The fourth-order valence-electron chi connectivity index (χ4n) is 1.87. The lowest BCUT2D eigenvalue weighted by Crippen LogP contribution is -2.22. The second-order valence-electron chi connectivity index (χ2n) is 4.05. The van der Waals surface area contributed by atoms with E-state index >= 15 is 0 Å². The summed E-state index contributed by atoms with van der Waals surface area (Å²) in [5.41, 5.74) is 2.25. The van der Waals surface area contributed by atoms with Gasteiger partial charge in [-0.1, -0.05) is 6.92 Å². The van der Waals surface area contributed by atoms with E-state index in [2.05, 4.69) is 49.6 Å². The molecule has 1 atom stereocenters. The monoisotopic (exact) mass is 341 g/mol. The quantitative estimate of drug-likeness (QED) is 0.876. The third kappa shape index (κ3) is 3.99. The molecule has 0 saturated carbocycles. The van der Waals surface area contributed by atoms with Gasteiger partial charge in [-0.05, 0) is 39.5 Å². The van der Waals surface area contributed by atoms with Gasteiger partial charge in [0.15, 0.2) is 0 Å². The zero-order chi connectivity index (χ0) is 13.7. The van der Waals surface area contributed by atoms with Crippen LogP contribution in [0.4, 0.5) is 0 Å². The van der Waals surface area contributed by atoms with Crippen molar-refractivity contribution in [3.05, 3.63) is 38.9 Å². The number of nitrogens with zero attached hydrogens (tertiary/aromatic N) is 2. The Morgan fingerprint density at radius 3 is 2.89 bits per heavy atom. The van der Waals surface area contributed by atoms with Crippen LogP contribution < -0.4 is 10.1 Å². The summed E-state index contributed by atoms with van der Waals surface area (Å²) < 4.78 is 6.27. The first-order chi connectivity index (χ1) is 9.22. The molecule has 0 fully saturated rings. The van der Waals surface area contributed by atoms with Crippen molar-refractivity contribution in [3.63, 3.8) is 0 Å². The van der Waals surface area contributed by atoms with Gasteiger partial charge in [-0.15, -0.1) is 11.3 Å². The van der Waals surface area contributed by atoms with Crippen LogP contribution in [0, 0.1) is 0 Å². The van der Waals surface area contributed by atoms with E-state index in [1.54, 1.807) is 24.8 Å². The van der Waals surface area contributed by atoms with Crippen molar-refractivity contribution in [3.8, 4) is 5.88 Å². The van der Waals surface area contributed by atoms with Crippen LogP contribution in [0.15, 0.2) is 27.6 Å². The van der Waals surface area contributed by atoms with Gasteiger partial charge in [0.1, 0.15) is 6.33 Å². The zero-order valence-electron chi connectivity index (χ0n) is 10.9. The lowest BCUT2D eigenvalue weighted by molar-refractivity contribution is 0.395. The lowest BCUT2D eigenvalue weighted by Gasteiger charge is -2.16. The number of hydrogen-bond acceptors (Lipinski definition) is 5. The van der Waals surface area contributed by atoms with E-state index in [9.17, 15) is 0 Å². The third-order valence-electron chi connectivity index (χ3n) is 2.76. The summed E-state index contributed by atoms with van der Waals surface area (Å²) in [4.78, 5) is 8.33. The van der Waals surface area contributed by atoms with Gasteiger partial charge in [-0.2, -0.15) is 0 Å². The van der Waals surface area contributed by atoms with E-state index in [4.69, 9.17) is 4.74 Å². The van der Waals surface area contributed by atoms with Crippen LogP contribution in [0.1, 0.15) is 24.2 Å². The molecule has 6 heteroatoms. The van der Waals surface area contributed by atoms with E-state index in [1.165, 1.54) is 5.56 Å². The molecular formula is C13H16BrN3OS. The van der Waals surface area contributed by atoms with E-state index in [1.807, 2.05) is 6.07 Å². The first-order valence-corrected chi connectivity index (χ1v) is 7.72. The first kappa shape index (κ1) is 14.4. The van der Waals surface area contributed by atoms with Crippen LogP contribution >= 0.6 is 27.3 Å². The Morgan fingerprint density at radius 2 is 2.26 bits per heavy atom. The molecule has 2 aromatic heterocycles. The number of hydrogen-bond donors (Lipinski definition) is 1. The SMILES string of the molecule is CCNC(Cc1cc(OC)ncn1)c1csc(Br)c1. The van der Waals surface area contributed by atoms with Gasteiger partial charge in [-0.25, -0.2) is 9.97 Å². The summed E-state index contributed by atoms with van der Waals surface area (Å²) in [6, 6.07) is 4.29. The molecule has 2 aromatic rings. The number of likely N-dealkylation sites (N-methyl/N-ethyl adjacent to an activating group) is 1. The van der Waals surface area contributed by atoms with Crippen molar-refractivity contribution in [2.75, 3.05) is 13.7 Å². The van der Waals surface area contributed by atoms with Crippen molar-refractivity contribution in [2.24, 2.45) is 0 Å². The lowest BCUT2D eigenvalue weighted by atomic mass is 10.1. The molecule has 0 aliphatic heterocycles. The summed E-state index contributed by atoms with van der Waals surface area (Å²) in [6.07, 6.45) is 2.36. The van der Waals surface area contributed by atoms with Gasteiger partial charge in [0.2, 0.25) is 5.88 Å². The maximum Gasteiger partial charge on any atom is 0.216 e. The fraction of sp³-hybridized carbons (Fsp3) is 0.385. The van der Waals surface area contributed by atoms with Gasteiger partial charge in [0.25, 0.3) is 0 Å². The van der Waals surface area contributed by atoms with E-state index in [0.717, 1.165) is 22.4 Å². The first-order valence-electron chi connectivity index (χ1n) is 6.05. The van der Waals surface area contributed by atoms with Crippen LogP contribution in [0.5, 0.6) is 5.88 Å². The molecule has 1 unspecified atom stereocenters. The molecule has 0 spiro atoms. The predicted octanol–water partition coefficient (Wildman–Crippen LogP) is 3.20. The highest BCUT2D eigenvalue weighted by Gasteiger charge is 2.14. The summed E-state index contributed by atoms with van der Waals surface area (Å²) in [7, 11) is 1.61. The number of methoxy groups -OCH3 is 1. The smallest absolute Gasteiger partial charge is 0.216 e. The van der Waals surface area contributed by atoms with Gasteiger partial charge >= 0.3 is 0 Å². The van der Waals surface area contributed by atoms with Crippen LogP contribution in [-0.4, -0.2) is 23.6 Å². The molecule has 0 aliphatic rings. The molecule has 0 aliphatic carbocycles. The minimum Gasteiger partial charge on any atom is -0.481 e. The average molecular weight is 342 g/mol. The molecule has 0 bridgehead atoms. The Bertz CT molecular complexity index is 532. The van der Waals surface area contributed by atoms with Crippen LogP contribution in [-0.2, 0) is 6.42 Å². The Hall–Kier alpha value is -0.980. The molecule has 4 nitrogen and oxygen atoms in total. The number of nitrogens with one attached hydrogen (secondary N) is 1. The zero-order valence-corrected chi connectivity index (χ0v) is 13.3. The Labute approximate surface area is 125 Å². The van der Waals surface area contributed by atoms with Crippen molar-refractivity contribution in [1.29, 1.82) is 0 Å². The predicted molar refractivity (Wildman–Crippen MR) is 80.7 cm³/mol. The Balaban J connectivity index is 2.16. The van der Waals surface area contributed by atoms with E-state index in [0.29, 0.717) is 5.88 Å². The molecule has 0 saturated heterocycles. The Morgan fingerprint density at radius 1 is 1.42 bits per heavy atom. The van der Waals surface area contributed by atoms with Crippen molar-refractivity contribution in [2.45, 2.75) is 19.4 Å². The highest BCUT2D eigenvalue weighted by atomic mass is 79.9. The van der Waals surface area contributed by atoms with E-state index < -0.39 is 0 Å². The largest absolute Gasteiger partial charge is 0.481 e. The van der Waals surface area contributed by atoms with E-state index in [-0.39, 0.29) is 6.04 Å². The maximum absolute atomic E-state index is 5.13. The van der Waals surface area contributed by atoms with Gasteiger partial charge in [0, 0.05) is 24.2 Å². The topological polar surface area (TPSA) is 47.0 Å². The second kappa shape index (κ2) is 6.98. The van der Waals surface area contributed by atoms with Crippen LogP contribution in [0.3, 0.4) is 0 Å². The molecule has 0 amide bonds. The number of aromatic nitrogens is 2. The summed E-state index contributed by atoms with van der Waals surface area (Å²) >= 11 is 5.20. The van der Waals surface area contributed by atoms with Crippen LogP contribution in [0.25, 0.3) is 0 Å². The maximum atomic E-state index is 5.13. The van der Waals surface area contributed by atoms with Crippen molar-refractivity contribution >= 4 is 27.3 Å². The van der Waals surface area contributed by atoms with Gasteiger partial charge in [0.05, 0.1) is 10.9 Å². The number of ether oxygens (including phenoxy) is 1. The summed E-state index contributed by atoms with van der Waals surface area (Å²) in [5.74, 6) is 0.603. The number of thiophene rings is 1. The highest BCUT2D eigenvalue weighted by Crippen LogP contribution is 2.27. The summed E-state index contributed by atoms with van der Waals surface area (Å²) in [6.45, 7) is 3.02. The van der Waals surface area contributed by atoms with Crippen LogP contribution in [0.2, 0.25) is 0 Å². The highest BCUT2D eigenvalue weighted by molar-refractivity contribution is 9.11. The molecule has 1 N–H and O–H groups in total. The minimum atomic E-state index is 0.257. The van der Waals surface area contributed by atoms with Crippen molar-refractivity contribution in [1.82, 2.24) is 15.3 Å². The standard InChI is InChI=1S/C13H16BrN3OS/c1-3-15-11(9-4-12(14)19-7-9)5-10-6-13(18-2)17-8-16-10/h4,6-8,11,15H,3,5H2,1-2H3. The second-order valence-corrected chi connectivity index (χ2v) is 6.34. The molecular weight excluding hydrogens is 326 g/mol. The molecule has 102 valence electrons. The molecule has 0 aromatic carbocycles. The molecule has 2 rings (SSSR count). The fourth-order valence-corrected chi connectivity index (χ4v) is 3.10. The molecule has 19 heavy (non-hydrogen) atoms. The average Bonchev–Trinajstić information content (AvgIpc) is 2.85. The number of halogens is 1. The minimum absolute atomic E-state index is 0.257. The summed E-state index contributed by atoms with van der Waals surface area (Å²) in [5, 5.41) is 5.65. The Kier molecular flexibility index (Phi) is 5.30. The van der Waals surface area contributed by atoms with Gasteiger partial charge < -0.3 is 10.1 Å². The number of rotatable bonds is 6. The normalized spacial score (nSPS) is 12.4. The molecule has 2 heterocycles.